The Morgan fingerprint density at radius 2 is 1.25 bits per heavy atom. The van der Waals surface area contributed by atoms with Gasteiger partial charge in [0, 0.05) is 10.8 Å². The molecule has 1 fully saturated rings. The van der Waals surface area contributed by atoms with Crippen molar-refractivity contribution in [3.05, 3.63) is 83.8 Å². The SMILES string of the molecule is O=S(=O)(C1=CCCC=C1)c1ccc(S(=O)(=O)C2CCCCC2)c2ccccccccc12. The highest BCUT2D eigenvalue weighted by atomic mass is 32.2. The largest absolute Gasteiger partial charge is 0.223 e. The molecular formula is C26H28O4S2. The summed E-state index contributed by atoms with van der Waals surface area (Å²) in [5.74, 6) is 0. The molecule has 0 amide bonds. The summed E-state index contributed by atoms with van der Waals surface area (Å²) in [4.78, 5) is 0.607. The highest BCUT2D eigenvalue weighted by molar-refractivity contribution is 7.95. The fourth-order valence-electron chi connectivity index (χ4n) is 4.45. The van der Waals surface area contributed by atoms with Crippen molar-refractivity contribution in [2.45, 2.75) is 60.0 Å². The van der Waals surface area contributed by atoms with E-state index in [0.29, 0.717) is 30.0 Å². The molecule has 2 aromatic rings. The third-order valence-corrected chi connectivity index (χ3v) is 10.3. The normalized spacial score (nSPS) is 17.6. The zero-order chi connectivity index (χ0) is 22.6. The third-order valence-electron chi connectivity index (χ3n) is 6.15. The van der Waals surface area contributed by atoms with E-state index >= 15 is 0 Å². The van der Waals surface area contributed by atoms with Crippen LogP contribution in [0.4, 0.5) is 0 Å². The first-order valence-electron chi connectivity index (χ1n) is 11.1. The Kier molecular flexibility index (Phi) is 6.82. The van der Waals surface area contributed by atoms with Crippen LogP contribution in [-0.4, -0.2) is 22.1 Å². The van der Waals surface area contributed by atoms with Crippen molar-refractivity contribution in [1.29, 1.82) is 0 Å². The van der Waals surface area contributed by atoms with Crippen LogP contribution in [0.5, 0.6) is 0 Å². The lowest BCUT2D eigenvalue weighted by Gasteiger charge is -2.23. The standard InChI is InChI=1S/C26H28O4S2/c27-31(28,21-13-7-5-8-14-21)25-19-20-26(32(29,30)22-15-9-6-10-16-22)24-18-12-4-2-1-3-11-17-23(24)25/h1-4,7,11-14,17-20,22H,5-6,8-10,15-16H2. The van der Waals surface area contributed by atoms with Crippen molar-refractivity contribution in [3.8, 4) is 0 Å². The van der Waals surface area contributed by atoms with E-state index in [2.05, 4.69) is 0 Å². The van der Waals surface area contributed by atoms with Gasteiger partial charge >= 0.3 is 0 Å². The van der Waals surface area contributed by atoms with Crippen LogP contribution in [-0.2, 0) is 19.7 Å². The van der Waals surface area contributed by atoms with Crippen molar-refractivity contribution >= 4 is 30.4 Å². The van der Waals surface area contributed by atoms with Crippen LogP contribution in [0.3, 0.4) is 0 Å². The molecule has 2 aliphatic rings. The average Bonchev–Trinajstić information content (AvgIpc) is 2.82. The second-order valence-electron chi connectivity index (χ2n) is 8.27. The van der Waals surface area contributed by atoms with Crippen molar-refractivity contribution in [2.75, 3.05) is 0 Å². The summed E-state index contributed by atoms with van der Waals surface area (Å²) in [5, 5.41) is 0.432. The molecule has 0 atom stereocenters. The van der Waals surface area contributed by atoms with Crippen molar-refractivity contribution in [2.24, 2.45) is 0 Å². The second kappa shape index (κ2) is 9.59. The molecule has 0 aliphatic heterocycles. The molecule has 2 aromatic carbocycles. The van der Waals surface area contributed by atoms with Crippen LogP contribution < -0.4 is 0 Å². The van der Waals surface area contributed by atoms with Crippen LogP contribution in [0.1, 0.15) is 44.9 Å². The number of fused-ring (bicyclic) bond motifs is 1. The van der Waals surface area contributed by atoms with Gasteiger partial charge in [-0.2, -0.15) is 0 Å². The summed E-state index contributed by atoms with van der Waals surface area (Å²) < 4.78 is 54.3. The minimum absolute atomic E-state index is 0.131. The van der Waals surface area contributed by atoms with E-state index in [0.717, 1.165) is 25.7 Å². The lowest BCUT2D eigenvalue weighted by atomic mass is 10.0. The highest BCUT2D eigenvalue weighted by Gasteiger charge is 2.31. The van der Waals surface area contributed by atoms with E-state index in [1.165, 1.54) is 12.1 Å². The van der Waals surface area contributed by atoms with Crippen LogP contribution in [0.15, 0.2) is 93.6 Å². The monoisotopic (exact) mass is 468 g/mol. The summed E-state index contributed by atoms with van der Waals surface area (Å²) in [6.07, 6.45) is 10.9. The van der Waals surface area contributed by atoms with Gasteiger partial charge in [0.1, 0.15) is 0 Å². The molecule has 0 spiro atoms. The first kappa shape index (κ1) is 22.7. The second-order valence-corrected chi connectivity index (χ2v) is 12.4. The molecule has 32 heavy (non-hydrogen) atoms. The topological polar surface area (TPSA) is 68.3 Å². The van der Waals surface area contributed by atoms with Crippen molar-refractivity contribution in [3.63, 3.8) is 0 Å². The van der Waals surface area contributed by atoms with E-state index in [-0.39, 0.29) is 14.7 Å². The predicted octanol–water partition coefficient (Wildman–Crippen LogP) is 6.08. The molecule has 1 saturated carbocycles. The predicted molar refractivity (Wildman–Crippen MR) is 129 cm³/mol. The Hall–Kier alpha value is -2.44. The molecule has 0 bridgehead atoms. The molecule has 0 N–H and O–H groups in total. The molecular weight excluding hydrogens is 440 g/mol. The maximum atomic E-state index is 13.6. The van der Waals surface area contributed by atoms with E-state index in [9.17, 15) is 16.8 Å². The molecule has 0 radical (unpaired) electrons. The highest BCUT2D eigenvalue weighted by Crippen LogP contribution is 2.36. The van der Waals surface area contributed by atoms with E-state index < -0.39 is 24.9 Å². The van der Waals surface area contributed by atoms with E-state index in [4.69, 9.17) is 0 Å². The van der Waals surface area contributed by atoms with Gasteiger partial charge in [-0.05, 0) is 43.9 Å². The quantitative estimate of drug-likeness (QED) is 0.545. The summed E-state index contributed by atoms with van der Waals surface area (Å²) in [7, 11) is -7.38. The maximum absolute atomic E-state index is 13.6. The molecule has 4 rings (SSSR count). The van der Waals surface area contributed by atoms with Crippen molar-refractivity contribution < 1.29 is 16.8 Å². The van der Waals surface area contributed by atoms with E-state index in [1.807, 2.05) is 24.3 Å². The number of hydrogen-bond donors (Lipinski definition) is 0. The first-order valence-corrected chi connectivity index (χ1v) is 14.2. The molecule has 6 heteroatoms. The zero-order valence-electron chi connectivity index (χ0n) is 18.0. The number of hydrogen-bond acceptors (Lipinski definition) is 4. The van der Waals surface area contributed by atoms with Gasteiger partial charge in [-0.3, -0.25) is 0 Å². The van der Waals surface area contributed by atoms with Gasteiger partial charge in [-0.15, -0.1) is 0 Å². The van der Waals surface area contributed by atoms with Gasteiger partial charge in [0.25, 0.3) is 0 Å². The molecule has 4 nitrogen and oxygen atoms in total. The summed E-state index contributed by atoms with van der Waals surface area (Å²) in [6, 6.07) is 17.2. The van der Waals surface area contributed by atoms with Crippen LogP contribution in [0.2, 0.25) is 0 Å². The van der Waals surface area contributed by atoms with Gasteiger partial charge in [0.05, 0.1) is 19.9 Å². The number of allylic oxidation sites excluding steroid dienone is 3. The van der Waals surface area contributed by atoms with Crippen LogP contribution >= 0.6 is 0 Å². The zero-order valence-corrected chi connectivity index (χ0v) is 19.6. The average molecular weight is 469 g/mol. The van der Waals surface area contributed by atoms with Gasteiger partial charge in [-0.25, -0.2) is 16.8 Å². The molecule has 0 saturated heterocycles. The van der Waals surface area contributed by atoms with Gasteiger partial charge < -0.3 is 0 Å². The minimum Gasteiger partial charge on any atom is -0.223 e. The smallest absolute Gasteiger partial charge is 0.206 e. The number of rotatable bonds is 4. The van der Waals surface area contributed by atoms with Gasteiger partial charge in [0.15, 0.2) is 9.84 Å². The first-order chi connectivity index (χ1) is 15.4. The van der Waals surface area contributed by atoms with Gasteiger partial charge in [0.2, 0.25) is 9.84 Å². The lowest BCUT2D eigenvalue weighted by Crippen LogP contribution is -2.24. The van der Waals surface area contributed by atoms with Crippen LogP contribution in [0, 0.1) is 0 Å². The minimum atomic E-state index is -3.79. The fraction of sp³-hybridized carbons (Fsp3) is 0.308. The Bertz CT molecular complexity index is 1330. The van der Waals surface area contributed by atoms with Crippen LogP contribution in [0.25, 0.3) is 10.8 Å². The lowest BCUT2D eigenvalue weighted by molar-refractivity contribution is 0.484. The Labute approximate surface area is 190 Å². The Morgan fingerprint density at radius 3 is 1.88 bits per heavy atom. The van der Waals surface area contributed by atoms with Crippen molar-refractivity contribution in [1.82, 2.24) is 0 Å². The number of benzene rings is 1. The Morgan fingerprint density at radius 1 is 0.656 bits per heavy atom. The molecule has 2 aliphatic carbocycles. The summed E-state index contributed by atoms with van der Waals surface area (Å²) >= 11 is 0. The molecule has 0 unspecified atom stereocenters. The number of sulfone groups is 2. The molecule has 0 aromatic heterocycles. The van der Waals surface area contributed by atoms with Gasteiger partial charge in [-0.1, -0.05) is 79.9 Å². The fourth-order valence-corrected chi connectivity index (χ4v) is 8.09. The molecule has 168 valence electrons. The molecule has 0 heterocycles. The summed E-state index contributed by atoms with van der Waals surface area (Å²) in [6.45, 7) is 0. The maximum Gasteiger partial charge on any atom is 0.206 e. The third kappa shape index (κ3) is 4.52. The summed E-state index contributed by atoms with van der Waals surface area (Å²) in [5.41, 5.74) is 0. The van der Waals surface area contributed by atoms with E-state index in [1.54, 1.807) is 42.5 Å². The Balaban J connectivity index is 2.02.